The highest BCUT2D eigenvalue weighted by molar-refractivity contribution is 7.89. The van der Waals surface area contributed by atoms with Gasteiger partial charge < -0.3 is 19.1 Å². The number of nitrogens with zero attached hydrogens (tertiary/aromatic N) is 3. The van der Waals surface area contributed by atoms with Crippen LogP contribution in [0.2, 0.25) is 0 Å². The zero-order valence-electron chi connectivity index (χ0n) is 23.2. The molecule has 1 amide bonds. The summed E-state index contributed by atoms with van der Waals surface area (Å²) in [4.78, 5) is 17.3. The molecule has 10 heteroatoms. The molecule has 1 aliphatic carbocycles. The van der Waals surface area contributed by atoms with E-state index in [9.17, 15) is 13.2 Å². The van der Waals surface area contributed by atoms with Crippen molar-refractivity contribution in [3.63, 3.8) is 0 Å². The normalized spacial score (nSPS) is 21.2. The molecule has 0 unspecified atom stereocenters. The maximum atomic E-state index is 13.1. The summed E-state index contributed by atoms with van der Waals surface area (Å²) in [6, 6.07) is 3.69. The highest BCUT2D eigenvalue weighted by Gasteiger charge is 2.28. The average molecular weight is 540 g/mol. The van der Waals surface area contributed by atoms with Crippen molar-refractivity contribution in [2.45, 2.75) is 56.9 Å². The molecule has 37 heavy (non-hydrogen) atoms. The van der Waals surface area contributed by atoms with Crippen LogP contribution in [0.1, 0.15) is 43.2 Å². The summed E-state index contributed by atoms with van der Waals surface area (Å²) in [6.07, 6.45) is 5.58. The van der Waals surface area contributed by atoms with Crippen LogP contribution >= 0.6 is 0 Å². The van der Waals surface area contributed by atoms with Gasteiger partial charge in [-0.25, -0.2) is 8.42 Å². The number of carbonyl (C=O) groups excluding carboxylic acids is 1. The minimum atomic E-state index is -3.68. The summed E-state index contributed by atoms with van der Waals surface area (Å²) >= 11 is 0. The first-order chi connectivity index (χ1) is 17.6. The van der Waals surface area contributed by atoms with Crippen molar-refractivity contribution in [1.29, 1.82) is 0 Å². The lowest BCUT2D eigenvalue weighted by Crippen LogP contribution is -2.42. The lowest BCUT2D eigenvalue weighted by atomic mass is 9.83. The predicted octanol–water partition coefficient (Wildman–Crippen LogP) is 2.69. The van der Waals surface area contributed by atoms with Gasteiger partial charge in [0.25, 0.3) is 0 Å². The second-order valence-electron chi connectivity index (χ2n) is 10.4. The Hall–Kier alpha value is -1.72. The van der Waals surface area contributed by atoms with E-state index in [1.165, 1.54) is 17.8 Å². The first kappa shape index (κ1) is 29.8. The quantitative estimate of drug-likeness (QED) is 0.378. The zero-order chi connectivity index (χ0) is 27.0. The molecule has 0 atom stereocenters. The van der Waals surface area contributed by atoms with E-state index in [-0.39, 0.29) is 36.6 Å². The van der Waals surface area contributed by atoms with Gasteiger partial charge in [-0.15, -0.1) is 0 Å². The monoisotopic (exact) mass is 539 g/mol. The van der Waals surface area contributed by atoms with E-state index < -0.39 is 10.0 Å². The summed E-state index contributed by atoms with van der Waals surface area (Å²) in [5.41, 5.74) is 1.27. The maximum absolute atomic E-state index is 13.1. The van der Waals surface area contributed by atoms with Gasteiger partial charge in [-0.2, -0.15) is 4.31 Å². The van der Waals surface area contributed by atoms with Gasteiger partial charge in [0.05, 0.1) is 31.8 Å². The molecule has 0 radical (unpaired) electrons. The smallest absolute Gasteiger partial charge is 0.248 e. The Morgan fingerprint density at radius 3 is 2.30 bits per heavy atom. The fourth-order valence-electron chi connectivity index (χ4n) is 5.38. The van der Waals surface area contributed by atoms with Crippen LogP contribution in [0.15, 0.2) is 17.0 Å². The predicted molar refractivity (Wildman–Crippen MR) is 143 cm³/mol. The Labute approximate surface area is 223 Å². The van der Waals surface area contributed by atoms with Crippen LogP contribution in [0.25, 0.3) is 0 Å². The van der Waals surface area contributed by atoms with Crippen molar-refractivity contribution in [3.05, 3.63) is 23.3 Å². The molecule has 1 aliphatic heterocycles. The highest BCUT2D eigenvalue weighted by atomic mass is 32.2. The van der Waals surface area contributed by atoms with Gasteiger partial charge in [-0.05, 0) is 81.7 Å². The van der Waals surface area contributed by atoms with E-state index in [1.807, 2.05) is 11.9 Å². The molecule has 0 spiro atoms. The van der Waals surface area contributed by atoms with Crippen molar-refractivity contribution in [1.82, 2.24) is 14.1 Å². The van der Waals surface area contributed by atoms with Crippen molar-refractivity contribution >= 4 is 15.9 Å². The van der Waals surface area contributed by atoms with Crippen LogP contribution in [-0.4, -0.2) is 108 Å². The number of hydrogen-bond acceptors (Lipinski definition) is 7. The number of aryl methyl sites for hydroxylation is 2. The van der Waals surface area contributed by atoms with Crippen LogP contribution in [0.4, 0.5) is 0 Å². The van der Waals surface area contributed by atoms with E-state index >= 15 is 0 Å². The third-order valence-electron chi connectivity index (χ3n) is 7.83. The van der Waals surface area contributed by atoms with E-state index in [0.717, 1.165) is 64.4 Å². The second kappa shape index (κ2) is 13.9. The number of hydrogen-bond donors (Lipinski definition) is 0. The summed E-state index contributed by atoms with van der Waals surface area (Å²) in [5.74, 6) is 1.31. The minimum Gasteiger partial charge on any atom is -0.497 e. The van der Waals surface area contributed by atoms with Crippen molar-refractivity contribution in [2.75, 3.05) is 73.8 Å². The van der Waals surface area contributed by atoms with Gasteiger partial charge >= 0.3 is 0 Å². The van der Waals surface area contributed by atoms with Crippen LogP contribution < -0.4 is 4.74 Å². The summed E-state index contributed by atoms with van der Waals surface area (Å²) < 4.78 is 43.8. The number of amides is 1. The lowest BCUT2D eigenvalue weighted by molar-refractivity contribution is -0.137. The Bertz CT molecular complexity index is 965. The Kier molecular flexibility index (Phi) is 11.2. The van der Waals surface area contributed by atoms with Gasteiger partial charge in [0.1, 0.15) is 12.4 Å². The largest absolute Gasteiger partial charge is 0.497 e. The number of rotatable bonds is 12. The zero-order valence-corrected chi connectivity index (χ0v) is 24.0. The van der Waals surface area contributed by atoms with E-state index in [4.69, 9.17) is 14.2 Å². The first-order valence-electron chi connectivity index (χ1n) is 13.4. The summed E-state index contributed by atoms with van der Waals surface area (Å²) in [7, 11) is 1.27. The molecule has 1 heterocycles. The fourth-order valence-corrected chi connectivity index (χ4v) is 6.94. The van der Waals surface area contributed by atoms with Crippen LogP contribution in [-0.2, 0) is 24.3 Å². The number of carbonyl (C=O) groups is 1. The average Bonchev–Trinajstić information content (AvgIpc) is 2.89. The second-order valence-corrected chi connectivity index (χ2v) is 12.4. The number of methoxy groups -OCH3 is 1. The first-order valence-corrected chi connectivity index (χ1v) is 14.8. The van der Waals surface area contributed by atoms with Crippen molar-refractivity contribution in [3.8, 4) is 5.75 Å². The van der Waals surface area contributed by atoms with Gasteiger partial charge in [-0.3, -0.25) is 9.69 Å². The Morgan fingerprint density at radius 1 is 1.08 bits per heavy atom. The molecular weight excluding hydrogens is 494 g/mol. The van der Waals surface area contributed by atoms with Gasteiger partial charge in [-0.1, -0.05) is 0 Å². The molecular formula is C27H45N3O6S. The molecule has 1 saturated heterocycles. The SMILES string of the molecule is COc1cc(C)c(S(=O)(=O)N(C)CCOCC(=O)N(C)[C@H]2CC[C@H](CCN3CCOCC3)CC2)c(C)c1. The van der Waals surface area contributed by atoms with Gasteiger partial charge in [0.15, 0.2) is 0 Å². The molecule has 1 saturated carbocycles. The molecule has 0 N–H and O–H groups in total. The van der Waals surface area contributed by atoms with Gasteiger partial charge in [0.2, 0.25) is 15.9 Å². The van der Waals surface area contributed by atoms with Crippen molar-refractivity contribution < 1.29 is 27.4 Å². The maximum Gasteiger partial charge on any atom is 0.248 e. The molecule has 9 nitrogen and oxygen atoms in total. The minimum absolute atomic E-state index is 0.0397. The van der Waals surface area contributed by atoms with E-state index in [0.29, 0.717) is 16.9 Å². The van der Waals surface area contributed by atoms with E-state index in [2.05, 4.69) is 4.90 Å². The number of benzene rings is 1. The Morgan fingerprint density at radius 2 is 1.70 bits per heavy atom. The van der Waals surface area contributed by atoms with E-state index in [1.54, 1.807) is 33.1 Å². The number of sulfonamides is 1. The number of morpholine rings is 1. The molecule has 2 fully saturated rings. The third kappa shape index (κ3) is 8.13. The third-order valence-corrected chi connectivity index (χ3v) is 9.99. The lowest BCUT2D eigenvalue weighted by Gasteiger charge is -2.36. The number of ether oxygens (including phenoxy) is 3. The topological polar surface area (TPSA) is 88.6 Å². The standard InChI is InChI=1S/C27H45N3O6S/c1-21-18-25(34-5)19-22(2)27(21)37(32,33)28(3)12-15-36-20-26(31)29(4)24-8-6-23(7-9-24)10-11-30-13-16-35-17-14-30/h18-19,23-24H,6-17,20H2,1-5H3/t23-,24-. The fraction of sp³-hybridized carbons (Fsp3) is 0.741. The summed E-state index contributed by atoms with van der Waals surface area (Å²) in [6.45, 7) is 8.70. The molecule has 3 rings (SSSR count). The molecule has 2 aliphatic rings. The van der Waals surface area contributed by atoms with Crippen molar-refractivity contribution in [2.24, 2.45) is 5.92 Å². The summed E-state index contributed by atoms with van der Waals surface area (Å²) in [5, 5.41) is 0. The number of likely N-dealkylation sites (N-methyl/N-ethyl adjacent to an activating group) is 2. The molecule has 1 aromatic rings. The molecule has 1 aromatic carbocycles. The molecule has 0 bridgehead atoms. The van der Waals surface area contributed by atoms with Gasteiger partial charge in [0, 0.05) is 39.8 Å². The molecule has 0 aromatic heterocycles. The van der Waals surface area contributed by atoms with Crippen LogP contribution in [0.3, 0.4) is 0 Å². The van der Waals surface area contributed by atoms with Crippen LogP contribution in [0, 0.1) is 19.8 Å². The molecule has 210 valence electrons. The van der Waals surface area contributed by atoms with Crippen LogP contribution in [0.5, 0.6) is 5.75 Å². The Balaban J connectivity index is 1.37. The highest BCUT2D eigenvalue weighted by Crippen LogP contribution is 2.30.